The van der Waals surface area contributed by atoms with Crippen LogP contribution >= 0.6 is 0 Å². The van der Waals surface area contributed by atoms with Crippen molar-refractivity contribution in [2.45, 2.75) is 24.9 Å². The highest BCUT2D eigenvalue weighted by Gasteiger charge is 2.41. The molecule has 21 heavy (non-hydrogen) atoms. The van der Waals surface area contributed by atoms with Gasteiger partial charge in [0.1, 0.15) is 17.3 Å². The van der Waals surface area contributed by atoms with Gasteiger partial charge in [-0.05, 0) is 18.2 Å². The summed E-state index contributed by atoms with van der Waals surface area (Å²) < 4.78 is 18.6. The molecule has 0 aliphatic carbocycles. The minimum Gasteiger partial charge on any atom is -0.496 e. The first-order chi connectivity index (χ1) is 10.1. The molecule has 2 fully saturated rings. The molecule has 2 bridgehead atoms. The van der Waals surface area contributed by atoms with E-state index in [4.69, 9.17) is 4.74 Å². The summed E-state index contributed by atoms with van der Waals surface area (Å²) in [5.74, 6) is -0.211. The van der Waals surface area contributed by atoms with Gasteiger partial charge in [0.25, 0.3) is 5.91 Å². The van der Waals surface area contributed by atoms with Crippen molar-refractivity contribution in [3.63, 3.8) is 0 Å². The Hall–Kier alpha value is -1.95. The predicted octanol–water partition coefficient (Wildman–Crippen LogP) is 0.980. The number of amides is 1. The Morgan fingerprint density at radius 2 is 2.00 bits per heavy atom. The SMILES string of the molecule is COc1ccc(F)cc1C(=O)N1C2CNCC1CC(=O)C2. The van der Waals surface area contributed by atoms with Crippen molar-refractivity contribution >= 4 is 11.7 Å². The molecule has 112 valence electrons. The molecular formula is C15H17FN2O3. The molecule has 1 amide bonds. The summed E-state index contributed by atoms with van der Waals surface area (Å²) in [6.07, 6.45) is 0.708. The number of ketones is 1. The number of rotatable bonds is 2. The van der Waals surface area contributed by atoms with Crippen LogP contribution in [0.15, 0.2) is 18.2 Å². The van der Waals surface area contributed by atoms with Gasteiger partial charge >= 0.3 is 0 Å². The molecule has 5 nitrogen and oxygen atoms in total. The second-order valence-electron chi connectivity index (χ2n) is 5.47. The van der Waals surface area contributed by atoms with Crippen LogP contribution in [-0.2, 0) is 4.79 Å². The Morgan fingerprint density at radius 3 is 2.62 bits per heavy atom. The van der Waals surface area contributed by atoms with Crippen molar-refractivity contribution in [1.29, 1.82) is 0 Å². The number of ether oxygens (including phenoxy) is 1. The Bertz CT molecular complexity index is 574. The maximum atomic E-state index is 13.5. The molecule has 6 heteroatoms. The van der Waals surface area contributed by atoms with E-state index in [1.165, 1.54) is 25.3 Å². The van der Waals surface area contributed by atoms with Gasteiger partial charge in [-0.25, -0.2) is 4.39 Å². The zero-order valence-corrected chi connectivity index (χ0v) is 11.8. The lowest BCUT2D eigenvalue weighted by Gasteiger charge is -2.45. The fraction of sp³-hybridized carbons (Fsp3) is 0.467. The number of nitrogens with zero attached hydrogens (tertiary/aromatic N) is 1. The summed E-state index contributed by atoms with van der Waals surface area (Å²) in [6, 6.07) is 3.58. The largest absolute Gasteiger partial charge is 0.496 e. The molecule has 0 saturated carbocycles. The standard InChI is InChI=1S/C15H17FN2O3/c1-21-14-3-2-9(16)4-13(14)15(20)18-10-5-12(19)6-11(18)8-17-7-10/h2-4,10-11,17H,5-8H2,1H3. The van der Waals surface area contributed by atoms with Crippen LogP contribution in [0.4, 0.5) is 4.39 Å². The second kappa shape index (κ2) is 5.44. The molecule has 2 atom stereocenters. The molecule has 2 saturated heterocycles. The van der Waals surface area contributed by atoms with E-state index in [0.717, 1.165) is 0 Å². The molecule has 2 aliphatic heterocycles. The lowest BCUT2D eigenvalue weighted by Crippen LogP contribution is -2.63. The third-order valence-electron chi connectivity index (χ3n) is 4.10. The van der Waals surface area contributed by atoms with E-state index in [0.29, 0.717) is 31.7 Å². The number of nitrogens with one attached hydrogen (secondary N) is 1. The summed E-state index contributed by atoms with van der Waals surface area (Å²) in [4.78, 5) is 26.2. The van der Waals surface area contributed by atoms with Gasteiger partial charge in [0.05, 0.1) is 24.8 Å². The topological polar surface area (TPSA) is 58.6 Å². The van der Waals surface area contributed by atoms with Crippen LogP contribution in [0.5, 0.6) is 5.75 Å². The molecule has 1 aromatic rings. The molecule has 2 unspecified atom stereocenters. The van der Waals surface area contributed by atoms with Gasteiger partial charge in [-0.3, -0.25) is 9.59 Å². The second-order valence-corrected chi connectivity index (χ2v) is 5.47. The summed E-state index contributed by atoms with van der Waals surface area (Å²) >= 11 is 0. The number of carbonyl (C=O) groups is 2. The first kappa shape index (κ1) is 14.0. The first-order valence-corrected chi connectivity index (χ1v) is 6.98. The van der Waals surface area contributed by atoms with E-state index in [2.05, 4.69) is 5.32 Å². The summed E-state index contributed by atoms with van der Waals surface area (Å²) in [7, 11) is 1.45. The van der Waals surface area contributed by atoms with Gasteiger partial charge in [-0.2, -0.15) is 0 Å². The number of methoxy groups -OCH3 is 1. The number of benzene rings is 1. The van der Waals surface area contributed by atoms with Gasteiger partial charge in [-0.15, -0.1) is 0 Å². The number of halogens is 1. The van der Waals surface area contributed by atoms with Crippen molar-refractivity contribution < 1.29 is 18.7 Å². The fourth-order valence-electron chi connectivity index (χ4n) is 3.18. The van der Waals surface area contributed by atoms with E-state index < -0.39 is 5.82 Å². The van der Waals surface area contributed by atoms with E-state index >= 15 is 0 Å². The zero-order valence-electron chi connectivity index (χ0n) is 11.8. The number of carbonyl (C=O) groups excluding carboxylic acids is 2. The molecule has 2 heterocycles. The van der Waals surface area contributed by atoms with Crippen LogP contribution in [0.2, 0.25) is 0 Å². The number of Topliss-reactive ketones (excluding diaryl/α,β-unsaturated/α-hetero) is 1. The number of hydrogen-bond acceptors (Lipinski definition) is 4. The molecule has 0 spiro atoms. The third-order valence-corrected chi connectivity index (χ3v) is 4.10. The summed E-state index contributed by atoms with van der Waals surface area (Å²) in [6.45, 7) is 1.18. The van der Waals surface area contributed by atoms with Crippen LogP contribution in [0.1, 0.15) is 23.2 Å². The van der Waals surface area contributed by atoms with Gasteiger partial charge in [-0.1, -0.05) is 0 Å². The lowest BCUT2D eigenvalue weighted by molar-refractivity contribution is -0.125. The minimum absolute atomic E-state index is 0.162. The Balaban J connectivity index is 1.95. The summed E-state index contributed by atoms with van der Waals surface area (Å²) in [5.41, 5.74) is 0.212. The van der Waals surface area contributed by atoms with Crippen molar-refractivity contribution in [2.75, 3.05) is 20.2 Å². The average molecular weight is 292 g/mol. The number of piperidine rings is 1. The van der Waals surface area contributed by atoms with Crippen LogP contribution < -0.4 is 10.1 Å². The minimum atomic E-state index is -0.476. The smallest absolute Gasteiger partial charge is 0.258 e. The molecule has 1 N–H and O–H groups in total. The molecule has 0 radical (unpaired) electrons. The Morgan fingerprint density at radius 1 is 1.33 bits per heavy atom. The van der Waals surface area contributed by atoms with Gasteiger partial charge in [0, 0.05) is 25.9 Å². The molecule has 0 aromatic heterocycles. The zero-order chi connectivity index (χ0) is 15.0. The van der Waals surface area contributed by atoms with E-state index in [9.17, 15) is 14.0 Å². The van der Waals surface area contributed by atoms with Crippen molar-refractivity contribution in [3.8, 4) is 5.75 Å². The maximum absolute atomic E-state index is 13.5. The van der Waals surface area contributed by atoms with Crippen molar-refractivity contribution in [2.24, 2.45) is 0 Å². The lowest BCUT2D eigenvalue weighted by atomic mass is 9.90. The van der Waals surface area contributed by atoms with E-state index in [-0.39, 0.29) is 29.3 Å². The van der Waals surface area contributed by atoms with Crippen molar-refractivity contribution in [1.82, 2.24) is 10.2 Å². The van der Waals surface area contributed by atoms with Gasteiger partial charge in [0.15, 0.2) is 0 Å². The highest BCUT2D eigenvalue weighted by molar-refractivity contribution is 5.98. The van der Waals surface area contributed by atoms with Crippen LogP contribution in [0.3, 0.4) is 0 Å². The Kier molecular flexibility index (Phi) is 3.63. The van der Waals surface area contributed by atoms with Gasteiger partial charge in [0.2, 0.25) is 0 Å². The molecule has 2 aliphatic rings. The van der Waals surface area contributed by atoms with E-state index in [1.54, 1.807) is 4.90 Å². The van der Waals surface area contributed by atoms with E-state index in [1.807, 2.05) is 0 Å². The van der Waals surface area contributed by atoms with Crippen LogP contribution in [0.25, 0.3) is 0 Å². The molecular weight excluding hydrogens is 275 g/mol. The highest BCUT2D eigenvalue weighted by atomic mass is 19.1. The normalized spacial score (nSPS) is 24.9. The van der Waals surface area contributed by atoms with Crippen LogP contribution in [-0.4, -0.2) is 48.9 Å². The fourth-order valence-corrected chi connectivity index (χ4v) is 3.18. The van der Waals surface area contributed by atoms with Crippen LogP contribution in [0, 0.1) is 5.82 Å². The van der Waals surface area contributed by atoms with Gasteiger partial charge < -0.3 is 15.0 Å². The average Bonchev–Trinajstić information content (AvgIpc) is 2.45. The third kappa shape index (κ3) is 2.51. The number of fused-ring (bicyclic) bond motifs is 2. The first-order valence-electron chi connectivity index (χ1n) is 6.98. The predicted molar refractivity (Wildman–Crippen MR) is 73.8 cm³/mol. The highest BCUT2D eigenvalue weighted by Crippen LogP contribution is 2.28. The molecule has 3 rings (SSSR count). The quantitative estimate of drug-likeness (QED) is 0.883. The molecule has 1 aromatic carbocycles. The Labute approximate surface area is 122 Å². The summed E-state index contributed by atoms with van der Waals surface area (Å²) in [5, 5.41) is 3.23. The van der Waals surface area contributed by atoms with Crippen molar-refractivity contribution in [3.05, 3.63) is 29.6 Å². The monoisotopic (exact) mass is 292 g/mol. The number of piperazine rings is 1. The number of hydrogen-bond donors (Lipinski definition) is 1. The maximum Gasteiger partial charge on any atom is 0.258 e.